The average molecular weight is 831 g/mol. The molecule has 0 aromatic carbocycles. The first-order valence-electron chi connectivity index (χ1n) is 23.0. The number of carbonyl (C=O) groups excluding carboxylic acids is 2. The number of hydrogen-bond donors (Lipinski definition) is 4. The van der Waals surface area contributed by atoms with E-state index >= 15 is 0 Å². The molecular weight excluding hydrogens is 749 g/mol. The Kier molecular flexibility index (Phi) is 36.1. The average Bonchev–Trinajstić information content (AvgIpc) is 3.23. The van der Waals surface area contributed by atoms with Crippen molar-refractivity contribution in [2.75, 3.05) is 19.8 Å². The number of allylic oxidation sites excluding steroid dienone is 12. The maximum Gasteiger partial charge on any atom is 0.306 e. The van der Waals surface area contributed by atoms with Gasteiger partial charge in [-0.2, -0.15) is 0 Å². The van der Waals surface area contributed by atoms with Crippen LogP contribution in [0.2, 0.25) is 0 Å². The third kappa shape index (κ3) is 30.8. The van der Waals surface area contributed by atoms with Crippen molar-refractivity contribution < 1.29 is 49.0 Å². The van der Waals surface area contributed by atoms with E-state index in [0.29, 0.717) is 19.3 Å². The number of rotatable bonds is 37. The summed E-state index contributed by atoms with van der Waals surface area (Å²) in [7, 11) is 0. The highest BCUT2D eigenvalue weighted by Crippen LogP contribution is 2.22. The summed E-state index contributed by atoms with van der Waals surface area (Å²) in [5, 5.41) is 40.1. The molecule has 1 saturated heterocycles. The van der Waals surface area contributed by atoms with Crippen LogP contribution >= 0.6 is 0 Å². The van der Waals surface area contributed by atoms with Crippen molar-refractivity contribution in [3.63, 3.8) is 0 Å². The second-order valence-corrected chi connectivity index (χ2v) is 15.5. The molecule has 1 aliphatic rings. The van der Waals surface area contributed by atoms with Crippen molar-refractivity contribution in [3.8, 4) is 0 Å². The van der Waals surface area contributed by atoms with E-state index in [-0.39, 0.29) is 26.1 Å². The van der Waals surface area contributed by atoms with Gasteiger partial charge in [0.25, 0.3) is 0 Å². The van der Waals surface area contributed by atoms with E-state index in [1.165, 1.54) is 77.0 Å². The fraction of sp³-hybridized carbons (Fsp3) is 0.714. The number of ether oxygens (including phenoxy) is 4. The molecule has 338 valence electrons. The first kappa shape index (κ1) is 54.2. The number of aliphatic hydroxyl groups excluding tert-OH is 4. The lowest BCUT2D eigenvalue weighted by Gasteiger charge is -2.39. The summed E-state index contributed by atoms with van der Waals surface area (Å²) in [5.74, 6) is -0.934. The largest absolute Gasteiger partial charge is 0.462 e. The maximum absolute atomic E-state index is 12.8. The summed E-state index contributed by atoms with van der Waals surface area (Å²) in [6.45, 7) is 3.30. The van der Waals surface area contributed by atoms with Crippen LogP contribution in [0.5, 0.6) is 0 Å². The van der Waals surface area contributed by atoms with Crippen LogP contribution in [0.4, 0.5) is 0 Å². The van der Waals surface area contributed by atoms with Crippen LogP contribution in [0.25, 0.3) is 0 Å². The summed E-state index contributed by atoms with van der Waals surface area (Å²) in [4.78, 5) is 25.3. The number of unbranched alkanes of at least 4 members (excludes halogenated alkanes) is 14. The van der Waals surface area contributed by atoms with Crippen LogP contribution in [0, 0.1) is 0 Å². The van der Waals surface area contributed by atoms with Gasteiger partial charge >= 0.3 is 11.9 Å². The molecule has 10 heteroatoms. The van der Waals surface area contributed by atoms with Gasteiger partial charge in [-0.3, -0.25) is 9.59 Å². The second-order valence-electron chi connectivity index (χ2n) is 15.5. The smallest absolute Gasteiger partial charge is 0.306 e. The normalized spacial score (nSPS) is 20.7. The maximum atomic E-state index is 12.8. The van der Waals surface area contributed by atoms with Crippen LogP contribution in [0.3, 0.4) is 0 Å². The standard InChI is InChI=1S/C49H82O10/c1-3-5-7-9-11-13-15-17-19-21-23-25-27-29-31-33-35-37-44(51)56-40-42(41-57-49-48(55)47(54)46(53)43(39-50)59-49)58-45(52)38-36-34-32-30-28-26-24-22-20-18-16-14-12-10-8-6-4-2/h17-20,23-26,29-32,42-43,46-50,53-55H,3-16,21-22,27-28,33-41H2,1-2H3/b19-17+,20-18+,25-23+,26-24+,31-29+,32-30+/t42-,43-,46+,47?,48?,49-/m0/s1. The van der Waals surface area contributed by atoms with Crippen molar-refractivity contribution in [1.29, 1.82) is 0 Å². The van der Waals surface area contributed by atoms with Crippen LogP contribution in [-0.4, -0.2) is 89.0 Å². The molecule has 10 nitrogen and oxygen atoms in total. The van der Waals surface area contributed by atoms with Crippen molar-refractivity contribution in [1.82, 2.24) is 0 Å². The van der Waals surface area contributed by atoms with Crippen LogP contribution in [0.1, 0.15) is 168 Å². The predicted molar refractivity (Wildman–Crippen MR) is 238 cm³/mol. The minimum absolute atomic E-state index is 0.144. The first-order chi connectivity index (χ1) is 28.8. The minimum atomic E-state index is -1.61. The molecular formula is C49H82O10. The molecule has 0 aromatic rings. The molecule has 1 heterocycles. The highest BCUT2D eigenvalue weighted by molar-refractivity contribution is 5.70. The molecule has 2 unspecified atom stereocenters. The van der Waals surface area contributed by atoms with E-state index in [9.17, 15) is 30.0 Å². The van der Waals surface area contributed by atoms with Gasteiger partial charge < -0.3 is 39.4 Å². The third-order valence-corrected chi connectivity index (χ3v) is 10.1. The summed E-state index contributed by atoms with van der Waals surface area (Å²) < 4.78 is 22.0. The molecule has 0 bridgehead atoms. The van der Waals surface area contributed by atoms with Gasteiger partial charge in [-0.15, -0.1) is 0 Å². The zero-order valence-electron chi connectivity index (χ0n) is 36.7. The molecule has 0 amide bonds. The Morgan fingerprint density at radius 2 is 0.949 bits per heavy atom. The van der Waals surface area contributed by atoms with Gasteiger partial charge in [-0.25, -0.2) is 0 Å². The lowest BCUT2D eigenvalue weighted by Crippen LogP contribution is -2.59. The fourth-order valence-corrected chi connectivity index (χ4v) is 6.40. The number of hydrogen-bond acceptors (Lipinski definition) is 10. The molecule has 1 aliphatic heterocycles. The third-order valence-electron chi connectivity index (χ3n) is 10.1. The first-order valence-corrected chi connectivity index (χ1v) is 23.0. The molecule has 1 rings (SSSR count). The van der Waals surface area contributed by atoms with Crippen molar-refractivity contribution in [3.05, 3.63) is 72.9 Å². The Morgan fingerprint density at radius 1 is 0.525 bits per heavy atom. The second kappa shape index (κ2) is 39.3. The zero-order chi connectivity index (χ0) is 43.0. The highest BCUT2D eigenvalue weighted by atomic mass is 16.7. The van der Waals surface area contributed by atoms with Gasteiger partial charge in [0.1, 0.15) is 31.0 Å². The van der Waals surface area contributed by atoms with Gasteiger partial charge in [-0.05, 0) is 77.0 Å². The molecule has 0 spiro atoms. The van der Waals surface area contributed by atoms with Crippen LogP contribution < -0.4 is 0 Å². The van der Waals surface area contributed by atoms with E-state index in [1.54, 1.807) is 0 Å². The summed E-state index contributed by atoms with van der Waals surface area (Å²) >= 11 is 0. The van der Waals surface area contributed by atoms with E-state index in [1.807, 2.05) is 12.2 Å². The Hall–Kier alpha value is -2.86. The van der Waals surface area contributed by atoms with Crippen molar-refractivity contribution in [2.45, 2.75) is 205 Å². The van der Waals surface area contributed by atoms with E-state index in [0.717, 1.165) is 44.9 Å². The monoisotopic (exact) mass is 831 g/mol. The Bertz CT molecular complexity index is 1190. The molecule has 6 atom stereocenters. The predicted octanol–water partition coefficient (Wildman–Crippen LogP) is 10.00. The van der Waals surface area contributed by atoms with E-state index < -0.39 is 55.4 Å². The van der Waals surface area contributed by atoms with Gasteiger partial charge in [0.05, 0.1) is 13.2 Å². The number of aliphatic hydroxyl groups is 4. The number of esters is 2. The molecule has 4 N–H and O–H groups in total. The van der Waals surface area contributed by atoms with E-state index in [4.69, 9.17) is 18.9 Å². The van der Waals surface area contributed by atoms with Gasteiger partial charge in [0.2, 0.25) is 0 Å². The lowest BCUT2D eigenvalue weighted by atomic mass is 9.99. The molecule has 0 saturated carbocycles. The fourth-order valence-electron chi connectivity index (χ4n) is 6.40. The van der Waals surface area contributed by atoms with E-state index in [2.05, 4.69) is 74.6 Å². The Labute approximate surface area is 357 Å². The molecule has 0 aliphatic carbocycles. The quantitative estimate of drug-likeness (QED) is 0.0271. The Morgan fingerprint density at radius 3 is 1.42 bits per heavy atom. The minimum Gasteiger partial charge on any atom is -0.462 e. The number of carbonyl (C=O) groups is 2. The van der Waals surface area contributed by atoms with Gasteiger partial charge in [0, 0.05) is 12.8 Å². The van der Waals surface area contributed by atoms with Crippen molar-refractivity contribution in [2.24, 2.45) is 0 Å². The topological polar surface area (TPSA) is 152 Å². The molecule has 0 aromatic heterocycles. The highest BCUT2D eigenvalue weighted by Gasteiger charge is 2.44. The molecule has 1 fully saturated rings. The van der Waals surface area contributed by atoms with Gasteiger partial charge in [0.15, 0.2) is 12.4 Å². The zero-order valence-corrected chi connectivity index (χ0v) is 36.7. The van der Waals surface area contributed by atoms with Gasteiger partial charge in [-0.1, -0.05) is 151 Å². The lowest BCUT2D eigenvalue weighted by molar-refractivity contribution is -0.305. The summed E-state index contributed by atoms with van der Waals surface area (Å²) in [6, 6.07) is 0. The SMILES string of the molecule is CCCCCCCC/C=C/C/C=C/C/C=C/CCCC(=O)OC[C@@H](CO[C@H]1O[C@@H](CO)[C@@H](O)C(O)C1O)OC(=O)CCC/C=C/C/C=C/C/C=C/CCCCCCCC. The Balaban J connectivity index is 2.41. The molecule has 59 heavy (non-hydrogen) atoms. The molecule has 0 radical (unpaired) electrons. The van der Waals surface area contributed by atoms with Crippen molar-refractivity contribution >= 4 is 11.9 Å². The van der Waals surface area contributed by atoms with Crippen LogP contribution in [-0.2, 0) is 28.5 Å². The summed E-state index contributed by atoms with van der Waals surface area (Å²) in [6.07, 6.45) is 42.1. The van der Waals surface area contributed by atoms with Crippen LogP contribution in [0.15, 0.2) is 72.9 Å². The summed E-state index contributed by atoms with van der Waals surface area (Å²) in [5.41, 5.74) is 0.